The van der Waals surface area contributed by atoms with Crippen LogP contribution in [-0.4, -0.2) is 24.1 Å². The summed E-state index contributed by atoms with van der Waals surface area (Å²) in [5, 5.41) is 13.5. The smallest absolute Gasteiger partial charge is 0.268 e. The van der Waals surface area contributed by atoms with E-state index in [1.54, 1.807) is 18.2 Å². The Morgan fingerprint density at radius 3 is 2.58 bits per heavy atom. The normalized spacial score (nSPS) is 12.4. The number of rotatable bonds is 5. The molecule has 0 aliphatic rings. The quantitative estimate of drug-likeness (QED) is 0.251. The number of nitrogens with one attached hydrogen (secondary N) is 2. The number of nitrogens with zero attached hydrogens (tertiary/aromatic N) is 2. The largest absolute Gasteiger partial charge is 0.369 e. The van der Waals surface area contributed by atoms with Crippen LogP contribution in [0.5, 0.6) is 0 Å². The molecule has 4 rings (SSSR count). The molecule has 0 atom stereocenters. The van der Waals surface area contributed by atoms with Crippen molar-refractivity contribution in [3.05, 3.63) is 78.2 Å². The maximum atomic E-state index is 14.0. The summed E-state index contributed by atoms with van der Waals surface area (Å²) >= 11 is 0. The zero-order valence-corrected chi connectivity index (χ0v) is 17.4. The summed E-state index contributed by atoms with van der Waals surface area (Å²) in [6.07, 6.45) is 1.84. The predicted octanol–water partition coefficient (Wildman–Crippen LogP) is 3.77. The topological polar surface area (TPSA) is 113 Å². The molecule has 0 saturated heterocycles. The minimum Gasteiger partial charge on any atom is -0.369 e. The first-order valence-corrected chi connectivity index (χ1v) is 11.0. The minimum absolute atomic E-state index is 0.121. The lowest BCUT2D eigenvalue weighted by atomic mass is 10.1. The zero-order chi connectivity index (χ0) is 22.2. The van der Waals surface area contributed by atoms with E-state index in [1.807, 2.05) is 31.2 Å². The molecule has 9 heteroatoms. The van der Waals surface area contributed by atoms with Gasteiger partial charge in [0.2, 0.25) is 5.96 Å². The van der Waals surface area contributed by atoms with Crippen molar-refractivity contribution in [1.82, 2.24) is 9.40 Å². The van der Waals surface area contributed by atoms with Crippen LogP contribution in [0.1, 0.15) is 18.9 Å². The molecule has 3 aromatic carbocycles. The first-order valence-electron chi connectivity index (χ1n) is 9.53. The summed E-state index contributed by atoms with van der Waals surface area (Å²) in [5.41, 5.74) is 8.89. The standard InChI is InChI=1S/C22H20FN5O2S/c1-2-20(26-27-22(24)25)19-13-28(21-10-8-16(23)12-18(19)21)31(29,30)17-9-7-14-5-3-4-6-15(14)11-17/h3-13H,2H2,1H3,(H4,24,25,27). The van der Waals surface area contributed by atoms with Gasteiger partial charge in [0.05, 0.1) is 16.1 Å². The molecule has 0 amide bonds. The fraction of sp³-hybridized carbons (Fsp3) is 0.0909. The second-order valence-corrected chi connectivity index (χ2v) is 8.77. The van der Waals surface area contributed by atoms with Crippen molar-refractivity contribution in [3.8, 4) is 0 Å². The van der Waals surface area contributed by atoms with Crippen molar-refractivity contribution >= 4 is 43.4 Å². The Kier molecular flexibility index (Phi) is 5.20. The number of nitrogens with two attached hydrogens (primary N) is 1. The lowest BCUT2D eigenvalue weighted by Gasteiger charge is -2.09. The third kappa shape index (κ3) is 3.75. The molecule has 0 bridgehead atoms. The van der Waals surface area contributed by atoms with Crippen LogP contribution >= 0.6 is 0 Å². The molecule has 1 aromatic heterocycles. The van der Waals surface area contributed by atoms with Gasteiger partial charge in [0.15, 0.2) is 0 Å². The van der Waals surface area contributed by atoms with Crippen molar-refractivity contribution in [3.63, 3.8) is 0 Å². The van der Waals surface area contributed by atoms with Crippen molar-refractivity contribution in [2.24, 2.45) is 10.8 Å². The molecule has 158 valence electrons. The number of aromatic nitrogens is 1. The monoisotopic (exact) mass is 437 g/mol. The molecule has 0 radical (unpaired) electrons. The van der Waals surface area contributed by atoms with E-state index in [0.29, 0.717) is 28.6 Å². The Bertz CT molecular complexity index is 1460. The average molecular weight is 438 g/mol. The summed E-state index contributed by atoms with van der Waals surface area (Å²) in [7, 11) is -3.97. The van der Waals surface area contributed by atoms with Crippen LogP contribution in [0.15, 0.2) is 76.9 Å². The van der Waals surface area contributed by atoms with E-state index >= 15 is 0 Å². The van der Waals surface area contributed by atoms with E-state index in [0.717, 1.165) is 14.7 Å². The molecular weight excluding hydrogens is 417 g/mol. The van der Waals surface area contributed by atoms with Crippen molar-refractivity contribution < 1.29 is 12.8 Å². The molecule has 0 unspecified atom stereocenters. The Labute approximate surface area is 178 Å². The van der Waals surface area contributed by atoms with Crippen LogP contribution in [0.3, 0.4) is 0 Å². The lowest BCUT2D eigenvalue weighted by molar-refractivity contribution is 0.589. The number of halogens is 1. The molecule has 0 aliphatic carbocycles. The van der Waals surface area contributed by atoms with E-state index in [9.17, 15) is 12.8 Å². The summed E-state index contributed by atoms with van der Waals surface area (Å²) in [6.45, 7) is 1.82. The third-order valence-electron chi connectivity index (χ3n) is 4.97. The van der Waals surface area contributed by atoms with Gasteiger partial charge in [-0.1, -0.05) is 37.3 Å². The molecule has 4 N–H and O–H groups in total. The van der Waals surface area contributed by atoms with E-state index < -0.39 is 15.8 Å². The molecule has 4 aromatic rings. The SMILES string of the molecule is CCC(=NNC(=N)N)c1cn(S(=O)(=O)c2ccc3ccccc3c2)c2ccc(F)cc12. The van der Waals surface area contributed by atoms with E-state index in [2.05, 4.69) is 10.5 Å². The summed E-state index contributed by atoms with van der Waals surface area (Å²) in [6, 6.07) is 16.3. The van der Waals surface area contributed by atoms with Gasteiger partial charge >= 0.3 is 0 Å². The number of benzene rings is 3. The van der Waals surface area contributed by atoms with Crippen LogP contribution < -0.4 is 11.2 Å². The van der Waals surface area contributed by atoms with Gasteiger partial charge in [-0.3, -0.25) is 5.41 Å². The van der Waals surface area contributed by atoms with Gasteiger partial charge in [-0.05, 0) is 47.5 Å². The van der Waals surface area contributed by atoms with Crippen molar-refractivity contribution in [1.29, 1.82) is 5.41 Å². The summed E-state index contributed by atoms with van der Waals surface area (Å²) in [4.78, 5) is 0.121. The zero-order valence-electron chi connectivity index (χ0n) is 16.6. The summed E-state index contributed by atoms with van der Waals surface area (Å²) < 4.78 is 42.2. The molecule has 0 fully saturated rings. The highest BCUT2D eigenvalue weighted by atomic mass is 32.2. The van der Waals surface area contributed by atoms with Gasteiger partial charge in [0.1, 0.15) is 5.82 Å². The third-order valence-corrected chi connectivity index (χ3v) is 6.64. The van der Waals surface area contributed by atoms with Gasteiger partial charge < -0.3 is 5.73 Å². The highest BCUT2D eigenvalue weighted by Gasteiger charge is 2.23. The van der Waals surface area contributed by atoms with Crippen LogP contribution in [0.25, 0.3) is 21.7 Å². The summed E-state index contributed by atoms with van der Waals surface area (Å²) in [5.74, 6) is -0.853. The molecule has 0 saturated carbocycles. The van der Waals surface area contributed by atoms with Gasteiger partial charge in [-0.15, -0.1) is 0 Å². The highest BCUT2D eigenvalue weighted by Crippen LogP contribution is 2.29. The fourth-order valence-electron chi connectivity index (χ4n) is 3.50. The van der Waals surface area contributed by atoms with E-state index in [1.165, 1.54) is 24.4 Å². The van der Waals surface area contributed by atoms with Crippen LogP contribution in [-0.2, 0) is 10.0 Å². The van der Waals surface area contributed by atoms with Gasteiger partial charge in [0.25, 0.3) is 10.0 Å². The minimum atomic E-state index is -3.97. The van der Waals surface area contributed by atoms with E-state index in [-0.39, 0.29) is 10.9 Å². The lowest BCUT2D eigenvalue weighted by Crippen LogP contribution is -2.26. The molecule has 0 aliphatic heterocycles. The number of fused-ring (bicyclic) bond motifs is 2. The Balaban J connectivity index is 1.94. The number of hydrogen-bond acceptors (Lipinski definition) is 4. The average Bonchev–Trinajstić information content (AvgIpc) is 3.13. The van der Waals surface area contributed by atoms with E-state index in [4.69, 9.17) is 11.1 Å². The first kappa shape index (κ1) is 20.5. The Morgan fingerprint density at radius 1 is 1.13 bits per heavy atom. The fourth-order valence-corrected chi connectivity index (χ4v) is 4.91. The molecule has 7 nitrogen and oxygen atoms in total. The van der Waals surface area contributed by atoms with Crippen LogP contribution in [0.4, 0.5) is 4.39 Å². The number of guanidine groups is 1. The van der Waals surface area contributed by atoms with Crippen LogP contribution in [0.2, 0.25) is 0 Å². The molecule has 1 heterocycles. The first-order chi connectivity index (χ1) is 14.8. The van der Waals surface area contributed by atoms with Gasteiger partial charge in [-0.2, -0.15) is 5.10 Å². The van der Waals surface area contributed by atoms with Gasteiger partial charge in [0, 0.05) is 17.1 Å². The number of hydrogen-bond donors (Lipinski definition) is 3. The Hall–Kier alpha value is -3.72. The number of hydrazone groups is 1. The molecule has 31 heavy (non-hydrogen) atoms. The van der Waals surface area contributed by atoms with Crippen LogP contribution in [0, 0.1) is 11.2 Å². The maximum absolute atomic E-state index is 14.0. The second kappa shape index (κ2) is 7.84. The molecule has 0 spiro atoms. The predicted molar refractivity (Wildman–Crippen MR) is 120 cm³/mol. The highest BCUT2D eigenvalue weighted by molar-refractivity contribution is 7.90. The van der Waals surface area contributed by atoms with Gasteiger partial charge in [-0.25, -0.2) is 22.2 Å². The van der Waals surface area contributed by atoms with Crippen molar-refractivity contribution in [2.75, 3.05) is 0 Å². The Morgan fingerprint density at radius 2 is 1.87 bits per heavy atom. The second-order valence-electron chi connectivity index (χ2n) is 6.95. The van der Waals surface area contributed by atoms with Crippen molar-refractivity contribution in [2.45, 2.75) is 18.2 Å². The molecular formula is C22H20FN5O2S. The maximum Gasteiger partial charge on any atom is 0.268 e.